The molecule has 0 bridgehead atoms. The number of rotatable bonds is 6. The zero-order chi connectivity index (χ0) is 22.8. The van der Waals surface area contributed by atoms with E-state index in [4.69, 9.17) is 23.2 Å². The smallest absolute Gasteiger partial charge is 0.257 e. The molecule has 1 amide bonds. The van der Waals surface area contributed by atoms with Crippen molar-refractivity contribution in [2.24, 2.45) is 0 Å². The van der Waals surface area contributed by atoms with Gasteiger partial charge in [-0.1, -0.05) is 30.1 Å². The van der Waals surface area contributed by atoms with E-state index in [1.165, 1.54) is 32.3 Å². The highest BCUT2D eigenvalue weighted by Gasteiger charge is 2.23. The Kier molecular flexibility index (Phi) is 7.49. The van der Waals surface area contributed by atoms with E-state index >= 15 is 0 Å². The van der Waals surface area contributed by atoms with Gasteiger partial charge in [-0.15, -0.1) is 0 Å². The highest BCUT2D eigenvalue weighted by atomic mass is 35.5. The fraction of sp³-hybridized carbons (Fsp3) is 0.381. The van der Waals surface area contributed by atoms with Gasteiger partial charge in [0, 0.05) is 45.3 Å². The molecule has 10 heteroatoms. The van der Waals surface area contributed by atoms with E-state index in [2.05, 4.69) is 22.0 Å². The highest BCUT2D eigenvalue weighted by molar-refractivity contribution is 7.89. The van der Waals surface area contributed by atoms with Crippen molar-refractivity contribution in [2.45, 2.75) is 11.8 Å². The molecule has 0 aromatic heterocycles. The molecule has 2 aromatic rings. The van der Waals surface area contributed by atoms with Crippen LogP contribution in [-0.4, -0.2) is 70.3 Å². The minimum Gasteiger partial charge on any atom is -0.367 e. The first kappa shape index (κ1) is 23.8. The van der Waals surface area contributed by atoms with Crippen molar-refractivity contribution in [1.82, 2.24) is 9.21 Å². The number of piperazine rings is 1. The van der Waals surface area contributed by atoms with E-state index in [0.717, 1.165) is 42.7 Å². The van der Waals surface area contributed by atoms with Crippen molar-refractivity contribution in [3.8, 4) is 0 Å². The van der Waals surface area contributed by atoms with Gasteiger partial charge >= 0.3 is 0 Å². The summed E-state index contributed by atoms with van der Waals surface area (Å²) >= 11 is 12.4. The molecule has 0 aliphatic carbocycles. The molecule has 1 aliphatic heterocycles. The fourth-order valence-electron chi connectivity index (χ4n) is 3.43. The van der Waals surface area contributed by atoms with Gasteiger partial charge < -0.3 is 15.1 Å². The van der Waals surface area contributed by atoms with Crippen LogP contribution in [0.3, 0.4) is 0 Å². The van der Waals surface area contributed by atoms with Gasteiger partial charge in [0.2, 0.25) is 10.0 Å². The molecule has 1 heterocycles. The third kappa shape index (κ3) is 5.32. The number of hydrogen-bond donors (Lipinski definition) is 1. The summed E-state index contributed by atoms with van der Waals surface area (Å²) in [5.74, 6) is -0.503. The van der Waals surface area contributed by atoms with Crippen molar-refractivity contribution in [1.29, 1.82) is 0 Å². The molecule has 0 spiro atoms. The van der Waals surface area contributed by atoms with Gasteiger partial charge in [-0.2, -0.15) is 0 Å². The molecule has 0 atom stereocenters. The van der Waals surface area contributed by atoms with Gasteiger partial charge in [-0.05, 0) is 42.9 Å². The standard InChI is InChI=1S/C21H26Cl2N4O3S/c1-4-26-9-11-27(12-10-26)20-8-5-15(22)13-19(20)24-21(28)17-14-16(6-7-18(17)23)31(29,30)25(2)3/h5-8,13-14H,4,9-12H2,1-3H3,(H,24,28). The zero-order valence-electron chi connectivity index (χ0n) is 17.7. The molecule has 31 heavy (non-hydrogen) atoms. The second kappa shape index (κ2) is 9.75. The second-order valence-electron chi connectivity index (χ2n) is 7.47. The normalized spacial score (nSPS) is 15.4. The molecule has 2 aromatic carbocycles. The van der Waals surface area contributed by atoms with E-state index in [-0.39, 0.29) is 15.5 Å². The lowest BCUT2D eigenvalue weighted by Crippen LogP contribution is -2.46. The summed E-state index contributed by atoms with van der Waals surface area (Å²) in [4.78, 5) is 17.6. The van der Waals surface area contributed by atoms with Crippen molar-refractivity contribution in [3.05, 3.63) is 52.0 Å². The number of carbonyl (C=O) groups excluding carboxylic acids is 1. The van der Waals surface area contributed by atoms with Crippen LogP contribution >= 0.6 is 23.2 Å². The van der Waals surface area contributed by atoms with Crippen LogP contribution in [0.5, 0.6) is 0 Å². The summed E-state index contributed by atoms with van der Waals surface area (Å²) in [6, 6.07) is 9.44. The number of benzene rings is 2. The molecule has 0 radical (unpaired) electrons. The molecule has 1 saturated heterocycles. The first-order valence-corrected chi connectivity index (χ1v) is 12.1. The van der Waals surface area contributed by atoms with Crippen LogP contribution in [0.4, 0.5) is 11.4 Å². The van der Waals surface area contributed by atoms with E-state index in [9.17, 15) is 13.2 Å². The number of hydrogen-bond acceptors (Lipinski definition) is 5. The van der Waals surface area contributed by atoms with Crippen LogP contribution < -0.4 is 10.2 Å². The van der Waals surface area contributed by atoms with Gasteiger partial charge in [-0.3, -0.25) is 4.79 Å². The largest absolute Gasteiger partial charge is 0.367 e. The van der Waals surface area contributed by atoms with Crippen molar-refractivity contribution in [3.63, 3.8) is 0 Å². The third-order valence-electron chi connectivity index (χ3n) is 5.33. The lowest BCUT2D eigenvalue weighted by atomic mass is 10.1. The van der Waals surface area contributed by atoms with Crippen LogP contribution in [0, 0.1) is 0 Å². The SMILES string of the molecule is CCN1CCN(c2ccc(Cl)cc2NC(=O)c2cc(S(=O)(=O)N(C)C)ccc2Cl)CC1. The molecule has 1 N–H and O–H groups in total. The minimum atomic E-state index is -3.70. The topological polar surface area (TPSA) is 73.0 Å². The first-order chi connectivity index (χ1) is 14.6. The lowest BCUT2D eigenvalue weighted by Gasteiger charge is -2.36. The maximum absolute atomic E-state index is 13.1. The van der Waals surface area contributed by atoms with Crippen LogP contribution in [-0.2, 0) is 10.0 Å². The third-order valence-corrected chi connectivity index (χ3v) is 7.70. The number of carbonyl (C=O) groups is 1. The van der Waals surface area contributed by atoms with Crippen LogP contribution in [0.25, 0.3) is 0 Å². The number of halogens is 2. The summed E-state index contributed by atoms with van der Waals surface area (Å²) in [7, 11) is -0.840. The molecule has 0 unspecified atom stereocenters. The second-order valence-corrected chi connectivity index (χ2v) is 10.5. The average Bonchev–Trinajstić information content (AvgIpc) is 2.74. The average molecular weight is 485 g/mol. The monoisotopic (exact) mass is 484 g/mol. The van der Waals surface area contributed by atoms with Crippen molar-refractivity contribution in [2.75, 3.05) is 57.0 Å². The summed E-state index contributed by atoms with van der Waals surface area (Å²) in [5, 5.41) is 3.52. The fourth-order valence-corrected chi connectivity index (χ4v) is 4.73. The van der Waals surface area contributed by atoms with Crippen molar-refractivity contribution < 1.29 is 13.2 Å². The number of anilines is 2. The Labute approximate surface area is 193 Å². The van der Waals surface area contributed by atoms with Gasteiger partial charge in [-0.25, -0.2) is 12.7 Å². The van der Waals surface area contributed by atoms with E-state index in [1.807, 2.05) is 6.07 Å². The van der Waals surface area contributed by atoms with E-state index in [0.29, 0.717) is 10.7 Å². The number of nitrogens with one attached hydrogen (secondary N) is 1. The molecule has 7 nitrogen and oxygen atoms in total. The molecule has 0 saturated carbocycles. The molecule has 168 valence electrons. The van der Waals surface area contributed by atoms with E-state index in [1.54, 1.807) is 12.1 Å². The Morgan fingerprint density at radius 2 is 1.74 bits per heavy atom. The highest BCUT2D eigenvalue weighted by Crippen LogP contribution is 2.31. The maximum atomic E-state index is 13.1. The molecular weight excluding hydrogens is 459 g/mol. The Morgan fingerprint density at radius 3 is 2.35 bits per heavy atom. The Morgan fingerprint density at radius 1 is 1.06 bits per heavy atom. The molecule has 1 fully saturated rings. The van der Waals surface area contributed by atoms with Gasteiger partial charge in [0.15, 0.2) is 0 Å². The quantitative estimate of drug-likeness (QED) is 0.677. The summed E-state index contributed by atoms with van der Waals surface area (Å²) in [5.41, 5.74) is 1.49. The molecule has 3 rings (SSSR count). The molecule has 1 aliphatic rings. The minimum absolute atomic E-state index is 0.00550. The number of nitrogens with zero attached hydrogens (tertiary/aromatic N) is 3. The number of amides is 1. The summed E-state index contributed by atoms with van der Waals surface area (Å²) < 4.78 is 26.0. The van der Waals surface area contributed by atoms with Crippen LogP contribution in [0.1, 0.15) is 17.3 Å². The van der Waals surface area contributed by atoms with Crippen molar-refractivity contribution >= 4 is 50.5 Å². The number of likely N-dealkylation sites (N-methyl/N-ethyl adjacent to an activating group) is 1. The molecular formula is C21H26Cl2N4O3S. The Hall–Kier alpha value is -1.84. The van der Waals surface area contributed by atoms with Gasteiger partial charge in [0.25, 0.3) is 5.91 Å². The zero-order valence-corrected chi connectivity index (χ0v) is 20.1. The van der Waals surface area contributed by atoms with Crippen LogP contribution in [0.15, 0.2) is 41.3 Å². The predicted octanol–water partition coefficient (Wildman–Crippen LogP) is 3.64. The van der Waals surface area contributed by atoms with E-state index < -0.39 is 15.9 Å². The van der Waals surface area contributed by atoms with Crippen LogP contribution in [0.2, 0.25) is 10.0 Å². The maximum Gasteiger partial charge on any atom is 0.257 e. The van der Waals surface area contributed by atoms with Gasteiger partial charge in [0.1, 0.15) is 0 Å². The Bertz CT molecular complexity index is 1070. The summed E-state index contributed by atoms with van der Waals surface area (Å²) in [6.45, 7) is 6.66. The number of sulfonamides is 1. The summed E-state index contributed by atoms with van der Waals surface area (Å²) in [6.07, 6.45) is 0. The predicted molar refractivity (Wildman–Crippen MR) is 126 cm³/mol. The first-order valence-electron chi connectivity index (χ1n) is 9.93. The lowest BCUT2D eigenvalue weighted by molar-refractivity contribution is 0.102. The Balaban J connectivity index is 1.90. The van der Waals surface area contributed by atoms with Gasteiger partial charge in [0.05, 0.1) is 26.9 Å².